The molecule has 0 amide bonds. The van der Waals surface area contributed by atoms with Gasteiger partial charge < -0.3 is 19.3 Å². The van der Waals surface area contributed by atoms with Crippen LogP contribution in [0.5, 0.6) is 0 Å². The summed E-state index contributed by atoms with van der Waals surface area (Å²) in [7, 11) is 2.19. The normalized spacial score (nSPS) is 13.1. The molecule has 1 aromatic carbocycles. The Labute approximate surface area is 115 Å². The van der Waals surface area contributed by atoms with Crippen molar-refractivity contribution in [2.45, 2.75) is 12.2 Å². The van der Waals surface area contributed by atoms with E-state index in [9.17, 15) is 14.4 Å². The van der Waals surface area contributed by atoms with Crippen LogP contribution in [0.1, 0.15) is 10.4 Å². The van der Waals surface area contributed by atoms with Crippen molar-refractivity contribution < 1.29 is 33.7 Å². The number of carboxylic acid groups (broad SMARTS) is 1. The van der Waals surface area contributed by atoms with Crippen molar-refractivity contribution in [3.63, 3.8) is 0 Å². The molecule has 0 saturated heterocycles. The molecular weight excluding hydrogens is 268 g/mol. The number of benzene rings is 1. The highest BCUT2D eigenvalue weighted by molar-refractivity contribution is 5.93. The Morgan fingerprint density at radius 1 is 1.05 bits per heavy atom. The summed E-state index contributed by atoms with van der Waals surface area (Å²) in [5.41, 5.74) is 0.165. The van der Waals surface area contributed by atoms with Gasteiger partial charge in [-0.05, 0) is 12.1 Å². The lowest BCUT2D eigenvalue weighted by molar-refractivity contribution is -0.171. The number of methoxy groups -OCH3 is 2. The van der Waals surface area contributed by atoms with E-state index in [0.29, 0.717) is 0 Å². The van der Waals surface area contributed by atoms with Crippen LogP contribution in [0, 0.1) is 0 Å². The molecule has 0 radical (unpaired) electrons. The van der Waals surface area contributed by atoms with E-state index in [1.54, 1.807) is 18.2 Å². The third-order valence-corrected chi connectivity index (χ3v) is 2.45. The molecule has 0 fully saturated rings. The molecule has 7 nitrogen and oxygen atoms in total. The summed E-state index contributed by atoms with van der Waals surface area (Å²) >= 11 is 0. The second kappa shape index (κ2) is 7.25. The third kappa shape index (κ3) is 3.79. The van der Waals surface area contributed by atoms with Crippen molar-refractivity contribution in [3.8, 4) is 0 Å². The van der Waals surface area contributed by atoms with Crippen LogP contribution in [0.2, 0.25) is 0 Å². The molecule has 0 saturated carbocycles. The lowest BCUT2D eigenvalue weighted by Gasteiger charge is -2.20. The minimum Gasteiger partial charge on any atom is -0.478 e. The predicted octanol–water partition coefficient (Wildman–Crippen LogP) is 0.485. The number of hydrogen-bond donors (Lipinski definition) is 1. The van der Waals surface area contributed by atoms with Crippen molar-refractivity contribution >= 4 is 17.9 Å². The SMILES string of the molecule is COC(=O)C(OC)C(OC(=O)c1ccccc1)C(=O)O. The highest BCUT2D eigenvalue weighted by atomic mass is 16.6. The van der Waals surface area contributed by atoms with Gasteiger partial charge in [0.25, 0.3) is 0 Å². The monoisotopic (exact) mass is 282 g/mol. The molecule has 0 aliphatic heterocycles. The highest BCUT2D eigenvalue weighted by Gasteiger charge is 2.38. The van der Waals surface area contributed by atoms with E-state index in [1.165, 1.54) is 12.1 Å². The molecule has 1 aromatic rings. The number of esters is 2. The predicted molar refractivity (Wildman–Crippen MR) is 66.1 cm³/mol. The standard InChI is InChI=1S/C13H14O7/c1-18-10(13(17)19-2)9(11(14)15)20-12(16)8-6-4-3-5-7-8/h3-7,9-10H,1-2H3,(H,14,15). The quantitative estimate of drug-likeness (QED) is 0.758. The molecule has 0 aromatic heterocycles. The average Bonchev–Trinajstić information content (AvgIpc) is 2.47. The Bertz CT molecular complexity index is 483. The van der Waals surface area contributed by atoms with Crippen LogP contribution in [0.4, 0.5) is 0 Å². The maximum absolute atomic E-state index is 11.8. The van der Waals surface area contributed by atoms with E-state index in [1.807, 2.05) is 0 Å². The van der Waals surface area contributed by atoms with Crippen LogP contribution in [0.3, 0.4) is 0 Å². The number of aliphatic carboxylic acids is 1. The van der Waals surface area contributed by atoms with Gasteiger partial charge in [-0.15, -0.1) is 0 Å². The van der Waals surface area contributed by atoms with Gasteiger partial charge in [0.2, 0.25) is 12.2 Å². The third-order valence-electron chi connectivity index (χ3n) is 2.45. The number of carbonyl (C=O) groups is 3. The summed E-state index contributed by atoms with van der Waals surface area (Å²) in [6.07, 6.45) is -3.33. The largest absolute Gasteiger partial charge is 0.478 e. The Balaban J connectivity index is 2.90. The van der Waals surface area contributed by atoms with E-state index in [0.717, 1.165) is 14.2 Å². The summed E-state index contributed by atoms with van der Waals surface area (Å²) in [6.45, 7) is 0. The number of carboxylic acids is 1. The number of carbonyl (C=O) groups excluding carboxylic acids is 2. The Morgan fingerprint density at radius 2 is 1.65 bits per heavy atom. The first kappa shape index (κ1) is 15.6. The smallest absolute Gasteiger partial charge is 0.348 e. The van der Waals surface area contributed by atoms with E-state index in [-0.39, 0.29) is 5.56 Å². The summed E-state index contributed by atoms with van der Waals surface area (Å²) < 4.78 is 13.9. The van der Waals surface area contributed by atoms with E-state index >= 15 is 0 Å². The molecule has 2 atom stereocenters. The minimum atomic E-state index is -1.79. The molecule has 0 heterocycles. The first-order valence-corrected chi connectivity index (χ1v) is 5.60. The van der Waals surface area contributed by atoms with Gasteiger partial charge in [-0.25, -0.2) is 14.4 Å². The van der Waals surface area contributed by atoms with Crippen LogP contribution in [0.25, 0.3) is 0 Å². The van der Waals surface area contributed by atoms with Crippen molar-refractivity contribution in [1.82, 2.24) is 0 Å². The number of rotatable bonds is 6. The van der Waals surface area contributed by atoms with E-state index < -0.39 is 30.1 Å². The Hall–Kier alpha value is -2.41. The van der Waals surface area contributed by atoms with Crippen LogP contribution >= 0.6 is 0 Å². The van der Waals surface area contributed by atoms with Crippen LogP contribution in [-0.2, 0) is 23.8 Å². The Kier molecular flexibility index (Phi) is 5.67. The van der Waals surface area contributed by atoms with Gasteiger partial charge in [-0.2, -0.15) is 0 Å². The van der Waals surface area contributed by atoms with Crippen LogP contribution < -0.4 is 0 Å². The summed E-state index contributed by atoms with van der Waals surface area (Å²) in [6, 6.07) is 7.81. The number of ether oxygens (including phenoxy) is 3. The van der Waals surface area contributed by atoms with Gasteiger partial charge in [0.1, 0.15) is 0 Å². The maximum atomic E-state index is 11.8. The fraction of sp³-hybridized carbons (Fsp3) is 0.308. The van der Waals surface area contributed by atoms with Gasteiger partial charge in [0.15, 0.2) is 0 Å². The maximum Gasteiger partial charge on any atom is 0.348 e. The first-order valence-electron chi connectivity index (χ1n) is 5.60. The van der Waals surface area contributed by atoms with E-state index in [2.05, 4.69) is 4.74 Å². The van der Waals surface area contributed by atoms with Gasteiger partial charge in [0.05, 0.1) is 12.7 Å². The summed E-state index contributed by atoms with van der Waals surface area (Å²) in [5.74, 6) is -3.32. The van der Waals surface area contributed by atoms with Gasteiger partial charge >= 0.3 is 17.9 Å². The highest BCUT2D eigenvalue weighted by Crippen LogP contribution is 2.10. The molecule has 2 unspecified atom stereocenters. The number of hydrogen-bond acceptors (Lipinski definition) is 6. The van der Waals surface area contributed by atoms with Crippen LogP contribution in [-0.4, -0.2) is 49.4 Å². The zero-order valence-electron chi connectivity index (χ0n) is 10.9. The molecule has 1 N–H and O–H groups in total. The minimum absolute atomic E-state index is 0.165. The topological polar surface area (TPSA) is 99.1 Å². The molecule has 108 valence electrons. The lowest BCUT2D eigenvalue weighted by Crippen LogP contribution is -2.44. The van der Waals surface area contributed by atoms with Crippen molar-refractivity contribution in [3.05, 3.63) is 35.9 Å². The van der Waals surface area contributed by atoms with Crippen LogP contribution in [0.15, 0.2) is 30.3 Å². The van der Waals surface area contributed by atoms with Crippen molar-refractivity contribution in [2.75, 3.05) is 14.2 Å². The fourth-order valence-corrected chi connectivity index (χ4v) is 1.46. The molecule has 7 heteroatoms. The Morgan fingerprint density at radius 3 is 2.10 bits per heavy atom. The second-order valence-corrected chi connectivity index (χ2v) is 3.71. The van der Waals surface area contributed by atoms with E-state index in [4.69, 9.17) is 14.6 Å². The van der Waals surface area contributed by atoms with Gasteiger partial charge in [-0.3, -0.25) is 0 Å². The zero-order chi connectivity index (χ0) is 15.1. The molecular formula is C13H14O7. The molecule has 0 spiro atoms. The summed E-state index contributed by atoms with van der Waals surface area (Å²) in [5, 5.41) is 9.05. The van der Waals surface area contributed by atoms with Crippen molar-refractivity contribution in [1.29, 1.82) is 0 Å². The van der Waals surface area contributed by atoms with Gasteiger partial charge in [0, 0.05) is 7.11 Å². The fourth-order valence-electron chi connectivity index (χ4n) is 1.46. The van der Waals surface area contributed by atoms with Gasteiger partial charge in [-0.1, -0.05) is 18.2 Å². The van der Waals surface area contributed by atoms with Crippen molar-refractivity contribution in [2.24, 2.45) is 0 Å². The average molecular weight is 282 g/mol. The molecule has 0 bridgehead atoms. The molecule has 20 heavy (non-hydrogen) atoms. The summed E-state index contributed by atoms with van der Waals surface area (Å²) in [4.78, 5) is 34.3. The zero-order valence-corrected chi connectivity index (χ0v) is 10.9. The first-order chi connectivity index (χ1) is 9.51. The molecule has 0 aliphatic rings. The molecule has 1 rings (SSSR count). The second-order valence-electron chi connectivity index (χ2n) is 3.71. The lowest BCUT2D eigenvalue weighted by atomic mass is 10.2. The molecule has 0 aliphatic carbocycles.